The van der Waals surface area contributed by atoms with Gasteiger partial charge in [0.1, 0.15) is 17.4 Å². The highest BCUT2D eigenvalue weighted by atomic mass is 32.1. The number of benzene rings is 4. The predicted molar refractivity (Wildman–Crippen MR) is 225 cm³/mol. The average Bonchev–Trinajstić information content (AvgIpc) is 3.19. The first-order valence-electron chi connectivity index (χ1n) is 18.4. The predicted octanol–water partition coefficient (Wildman–Crippen LogP) is 8.47. The number of alkyl halides is 2. The van der Waals surface area contributed by atoms with E-state index in [-0.39, 0.29) is 41.6 Å². The van der Waals surface area contributed by atoms with Crippen LogP contribution in [0.4, 0.5) is 28.9 Å². The molecule has 1 fully saturated rings. The number of methoxy groups -OCH3 is 1. The normalized spacial score (nSPS) is 13.6. The van der Waals surface area contributed by atoms with Crippen molar-refractivity contribution in [1.82, 2.24) is 24.4 Å². The second kappa shape index (κ2) is 18.6. The van der Waals surface area contributed by atoms with Crippen LogP contribution < -0.4 is 26.5 Å². The van der Waals surface area contributed by atoms with Crippen LogP contribution in [-0.4, -0.2) is 48.5 Å². The van der Waals surface area contributed by atoms with Gasteiger partial charge in [-0.1, -0.05) is 18.2 Å². The molecule has 0 amide bonds. The van der Waals surface area contributed by atoms with Crippen LogP contribution in [0.3, 0.4) is 0 Å². The van der Waals surface area contributed by atoms with Gasteiger partial charge >= 0.3 is 0 Å². The lowest BCUT2D eigenvalue weighted by Gasteiger charge is -2.29. The van der Waals surface area contributed by atoms with Gasteiger partial charge in [0.25, 0.3) is 11.1 Å². The first kappa shape index (κ1) is 41.8. The molecule has 0 aliphatic heterocycles. The number of fused-ring (bicyclic) bond motifs is 2. The molecule has 7 rings (SSSR count). The number of nitrogens with zero attached hydrogens (tertiary/aromatic N) is 5. The highest BCUT2D eigenvalue weighted by Crippen LogP contribution is 2.33. The molecule has 10 nitrogen and oxygen atoms in total. The van der Waals surface area contributed by atoms with E-state index < -0.39 is 5.92 Å². The molecule has 1 saturated carbocycles. The average molecular weight is 830 g/mol. The van der Waals surface area contributed by atoms with Gasteiger partial charge in [0.2, 0.25) is 5.92 Å². The van der Waals surface area contributed by atoms with Gasteiger partial charge in [-0.3, -0.25) is 18.7 Å². The zero-order valence-electron chi connectivity index (χ0n) is 31.6. The van der Waals surface area contributed by atoms with Gasteiger partial charge in [-0.05, 0) is 122 Å². The summed E-state index contributed by atoms with van der Waals surface area (Å²) in [6, 6.07) is 19.7. The molecular formula is C42H39F4N7O3S2. The van der Waals surface area contributed by atoms with Crippen molar-refractivity contribution in [1.29, 1.82) is 0 Å². The molecule has 0 spiro atoms. The Morgan fingerprint density at radius 1 is 0.862 bits per heavy atom. The number of hydrogen-bond acceptors (Lipinski definition) is 8. The standard InChI is InChI=1S/C24H25F3N4OS.C18H14FN3O2S/c1-15-2-3-16(20(25)12-15)8-11-31-14-28-21-13-18(4-5-19(21)22(31)32)30-23(33)29-17-6-9-24(26,27)10-7-17;1-24-14-4-2-12(16(19)9-14)6-7-22-10-20-17-8-13(21-11-25)3-5-15(17)18(22)23/h2-5,12-14,17H,6-11H2,1H3,(H2,29,30,33);2-5,8-10H,6-7H2,1H3. The molecule has 300 valence electrons. The quantitative estimate of drug-likeness (QED) is 0.0798. The Morgan fingerprint density at radius 3 is 2.03 bits per heavy atom. The molecule has 0 unspecified atom stereocenters. The third-order valence-electron chi connectivity index (χ3n) is 9.83. The van der Waals surface area contributed by atoms with Crippen molar-refractivity contribution in [2.75, 3.05) is 12.4 Å². The summed E-state index contributed by atoms with van der Waals surface area (Å²) in [5, 5.41) is 9.66. The number of ether oxygens (including phenoxy) is 1. The highest BCUT2D eigenvalue weighted by Gasteiger charge is 2.35. The third-order valence-corrected chi connectivity index (χ3v) is 10.1. The Morgan fingerprint density at radius 2 is 1.45 bits per heavy atom. The number of halogens is 4. The maximum atomic E-state index is 14.1. The number of aliphatic imine (C=N–C) groups is 1. The zero-order chi connectivity index (χ0) is 41.4. The summed E-state index contributed by atoms with van der Waals surface area (Å²) in [5.74, 6) is -2.76. The van der Waals surface area contributed by atoms with Crippen molar-refractivity contribution in [2.45, 2.75) is 70.5 Å². The number of anilines is 1. The number of aromatic nitrogens is 4. The summed E-state index contributed by atoms with van der Waals surface area (Å²) in [7, 11) is 1.48. The molecule has 4 aromatic carbocycles. The molecule has 6 aromatic rings. The van der Waals surface area contributed by atoms with Crippen LogP contribution in [0.15, 0.2) is 100 Å². The first-order chi connectivity index (χ1) is 27.8. The van der Waals surface area contributed by atoms with Gasteiger partial charge in [0, 0.05) is 43.7 Å². The number of aryl methyl sites for hydroxylation is 5. The Balaban J connectivity index is 0.000000203. The molecule has 0 bridgehead atoms. The highest BCUT2D eigenvalue weighted by molar-refractivity contribution is 7.80. The molecule has 1 aliphatic rings. The van der Waals surface area contributed by atoms with E-state index in [1.165, 1.54) is 41.0 Å². The van der Waals surface area contributed by atoms with Gasteiger partial charge in [0.05, 0.1) is 52.4 Å². The van der Waals surface area contributed by atoms with E-state index in [2.05, 4.69) is 43.0 Å². The van der Waals surface area contributed by atoms with Crippen LogP contribution in [0, 0.1) is 18.6 Å². The molecule has 1 aliphatic carbocycles. The second-order valence-corrected chi connectivity index (χ2v) is 14.5. The summed E-state index contributed by atoms with van der Waals surface area (Å²) in [6.45, 7) is 2.47. The van der Waals surface area contributed by atoms with Crippen molar-refractivity contribution in [3.05, 3.63) is 134 Å². The summed E-state index contributed by atoms with van der Waals surface area (Å²) in [6.07, 6.45) is 4.10. The molecule has 0 saturated heterocycles. The van der Waals surface area contributed by atoms with E-state index in [1.807, 2.05) is 13.0 Å². The van der Waals surface area contributed by atoms with Crippen LogP contribution in [0.1, 0.15) is 42.4 Å². The maximum Gasteiger partial charge on any atom is 0.261 e. The minimum Gasteiger partial charge on any atom is -0.497 e. The second-order valence-electron chi connectivity index (χ2n) is 13.9. The van der Waals surface area contributed by atoms with Crippen LogP contribution in [0.25, 0.3) is 21.8 Å². The number of hydrogen-bond donors (Lipinski definition) is 2. The van der Waals surface area contributed by atoms with E-state index in [1.54, 1.807) is 54.6 Å². The van der Waals surface area contributed by atoms with Crippen molar-refractivity contribution >= 4 is 67.9 Å². The van der Waals surface area contributed by atoms with E-state index in [9.17, 15) is 27.2 Å². The summed E-state index contributed by atoms with van der Waals surface area (Å²) < 4.78 is 62.6. The molecular weight excluding hydrogens is 791 g/mol. The first-order valence-corrected chi connectivity index (χ1v) is 19.2. The summed E-state index contributed by atoms with van der Waals surface area (Å²) in [4.78, 5) is 37.9. The Bertz CT molecular complexity index is 2640. The minimum atomic E-state index is -2.58. The smallest absolute Gasteiger partial charge is 0.261 e. The van der Waals surface area contributed by atoms with Crippen molar-refractivity contribution in [3.8, 4) is 5.75 Å². The fraction of sp³-hybridized carbons (Fsp3) is 0.286. The fourth-order valence-electron chi connectivity index (χ4n) is 6.56. The van der Waals surface area contributed by atoms with Gasteiger partial charge in [-0.15, -0.1) is 0 Å². The molecule has 16 heteroatoms. The molecule has 2 heterocycles. The van der Waals surface area contributed by atoms with Crippen molar-refractivity contribution in [2.24, 2.45) is 4.99 Å². The van der Waals surface area contributed by atoms with E-state index in [4.69, 9.17) is 17.0 Å². The van der Waals surface area contributed by atoms with Crippen molar-refractivity contribution in [3.63, 3.8) is 0 Å². The Kier molecular flexibility index (Phi) is 13.4. The molecule has 2 N–H and O–H groups in total. The maximum absolute atomic E-state index is 14.1. The summed E-state index contributed by atoms with van der Waals surface area (Å²) >= 11 is 9.89. The minimum absolute atomic E-state index is 0.0891. The van der Waals surface area contributed by atoms with Gasteiger partial charge in [0.15, 0.2) is 5.11 Å². The van der Waals surface area contributed by atoms with Crippen molar-refractivity contribution < 1.29 is 22.3 Å². The molecule has 2 aromatic heterocycles. The van der Waals surface area contributed by atoms with E-state index in [0.29, 0.717) is 93.9 Å². The molecule has 58 heavy (non-hydrogen) atoms. The van der Waals surface area contributed by atoms with Gasteiger partial charge in [-0.2, -0.15) is 4.99 Å². The number of thiocarbonyl (C=S) groups is 2. The topological polar surface area (TPSA) is 115 Å². The molecule has 0 radical (unpaired) electrons. The zero-order valence-corrected chi connectivity index (χ0v) is 33.2. The monoisotopic (exact) mass is 829 g/mol. The summed E-state index contributed by atoms with van der Waals surface area (Å²) in [5.41, 5.74) is 3.79. The third kappa shape index (κ3) is 10.6. The largest absolute Gasteiger partial charge is 0.497 e. The molecule has 0 atom stereocenters. The van der Waals surface area contributed by atoms with Crippen LogP contribution in [0.2, 0.25) is 0 Å². The van der Waals surface area contributed by atoms with Gasteiger partial charge < -0.3 is 15.4 Å². The Labute approximate surface area is 341 Å². The van der Waals surface area contributed by atoms with Crippen LogP contribution >= 0.6 is 24.4 Å². The van der Waals surface area contributed by atoms with E-state index >= 15 is 0 Å². The number of rotatable bonds is 10. The SMILES string of the molecule is COc1ccc(CCn2cnc3cc(N=C=S)ccc3c2=O)c(F)c1.Cc1ccc(CCn2cnc3cc(NC(=S)NC4CCC(F)(F)CC4)ccc3c2=O)c(F)c1. The number of nitrogens with one attached hydrogen (secondary N) is 2. The van der Waals surface area contributed by atoms with Gasteiger partial charge in [-0.25, -0.2) is 27.5 Å². The Hall–Kier alpha value is -5.83. The lowest BCUT2D eigenvalue weighted by atomic mass is 9.92. The van der Waals surface area contributed by atoms with E-state index in [0.717, 1.165) is 5.56 Å². The fourth-order valence-corrected chi connectivity index (χ4v) is 6.95. The lowest BCUT2D eigenvalue weighted by molar-refractivity contribution is -0.0389. The number of isothiocyanates is 1. The lowest BCUT2D eigenvalue weighted by Crippen LogP contribution is -2.42. The van der Waals surface area contributed by atoms with Crippen LogP contribution in [0.5, 0.6) is 5.75 Å². The van der Waals surface area contributed by atoms with Crippen LogP contribution in [-0.2, 0) is 25.9 Å².